The third kappa shape index (κ3) is 2.78. The maximum Gasteiger partial charge on any atom is 0.0644 e. The maximum atomic E-state index is 6.15. The smallest absolute Gasteiger partial charge is 0.0644 e. The van der Waals surface area contributed by atoms with Crippen molar-refractivity contribution in [2.45, 2.75) is 26.3 Å². The van der Waals surface area contributed by atoms with Gasteiger partial charge in [-0.3, -0.25) is 20.9 Å². The van der Waals surface area contributed by atoms with Crippen LogP contribution in [0.15, 0.2) is 18.5 Å². The molecule has 0 aliphatic rings. The number of nitrogens with two attached hydrogens (primary N) is 1. The molecular weight excluding hydrogens is 262 g/mol. The van der Waals surface area contributed by atoms with Crippen molar-refractivity contribution < 1.29 is 0 Å². The van der Waals surface area contributed by atoms with E-state index in [1.807, 2.05) is 31.6 Å². The van der Waals surface area contributed by atoms with Crippen molar-refractivity contribution >= 4 is 11.6 Å². The summed E-state index contributed by atoms with van der Waals surface area (Å²) in [6, 6.07) is 1.89. The Labute approximate surface area is 117 Å². The van der Waals surface area contributed by atoms with E-state index in [1.165, 1.54) is 0 Å². The highest BCUT2D eigenvalue weighted by Gasteiger charge is 2.20. The van der Waals surface area contributed by atoms with E-state index in [0.717, 1.165) is 22.5 Å². The molecule has 0 saturated carbocycles. The quantitative estimate of drug-likeness (QED) is 0.662. The zero-order chi connectivity index (χ0) is 14.0. The fourth-order valence-electron chi connectivity index (χ4n) is 2.33. The number of hydrogen-bond donors (Lipinski definition) is 2. The molecule has 0 aliphatic carbocycles. The molecule has 0 spiro atoms. The van der Waals surface area contributed by atoms with E-state index < -0.39 is 0 Å². The van der Waals surface area contributed by atoms with Gasteiger partial charge in [0.15, 0.2) is 0 Å². The molecule has 0 bridgehead atoms. The van der Waals surface area contributed by atoms with Gasteiger partial charge in [-0.1, -0.05) is 11.6 Å². The Kier molecular flexibility index (Phi) is 4.19. The van der Waals surface area contributed by atoms with Crippen molar-refractivity contribution in [3.63, 3.8) is 0 Å². The van der Waals surface area contributed by atoms with Gasteiger partial charge in [-0.2, -0.15) is 5.10 Å². The molecule has 0 radical (unpaired) electrons. The molecule has 6 heteroatoms. The predicted octanol–water partition coefficient (Wildman–Crippen LogP) is 1.83. The van der Waals surface area contributed by atoms with Crippen molar-refractivity contribution in [2.24, 2.45) is 12.9 Å². The van der Waals surface area contributed by atoms with Gasteiger partial charge in [0.25, 0.3) is 0 Å². The Bertz CT molecular complexity index is 578. The summed E-state index contributed by atoms with van der Waals surface area (Å²) in [5.74, 6) is 5.70. The SMILES string of the molecule is Cc1nn(C)c(C)c1C(Cc1ccncc1Cl)NN. The van der Waals surface area contributed by atoms with Crippen LogP contribution in [0.1, 0.15) is 28.6 Å². The Morgan fingerprint density at radius 1 is 1.47 bits per heavy atom. The Morgan fingerprint density at radius 2 is 2.21 bits per heavy atom. The van der Waals surface area contributed by atoms with Crippen LogP contribution in [0.4, 0.5) is 0 Å². The van der Waals surface area contributed by atoms with Crippen LogP contribution in [0.25, 0.3) is 0 Å². The first-order valence-corrected chi connectivity index (χ1v) is 6.47. The fraction of sp³-hybridized carbons (Fsp3) is 0.385. The van der Waals surface area contributed by atoms with Crippen LogP contribution in [0.2, 0.25) is 5.02 Å². The number of nitrogens with one attached hydrogen (secondary N) is 1. The third-order valence-electron chi connectivity index (χ3n) is 3.40. The summed E-state index contributed by atoms with van der Waals surface area (Å²) in [5.41, 5.74) is 7.08. The van der Waals surface area contributed by atoms with Gasteiger partial charge in [0.2, 0.25) is 0 Å². The van der Waals surface area contributed by atoms with E-state index >= 15 is 0 Å². The number of aromatic nitrogens is 3. The van der Waals surface area contributed by atoms with Gasteiger partial charge in [0.05, 0.1) is 16.8 Å². The van der Waals surface area contributed by atoms with Crippen LogP contribution in [0, 0.1) is 13.8 Å². The summed E-state index contributed by atoms with van der Waals surface area (Å²) in [4.78, 5) is 3.99. The third-order valence-corrected chi connectivity index (χ3v) is 3.74. The van der Waals surface area contributed by atoms with Gasteiger partial charge in [0.1, 0.15) is 0 Å². The molecule has 2 heterocycles. The van der Waals surface area contributed by atoms with Crippen LogP contribution in [0.3, 0.4) is 0 Å². The standard InChI is InChI=1S/C13H18ClN5/c1-8-13(9(2)19(3)18-8)12(17-15)6-10-4-5-16-7-11(10)14/h4-5,7,12,17H,6,15H2,1-3H3. The molecule has 0 saturated heterocycles. The van der Waals surface area contributed by atoms with Gasteiger partial charge in [-0.25, -0.2) is 0 Å². The lowest BCUT2D eigenvalue weighted by atomic mass is 9.98. The van der Waals surface area contributed by atoms with Crippen LogP contribution < -0.4 is 11.3 Å². The largest absolute Gasteiger partial charge is 0.272 e. The fourth-order valence-corrected chi connectivity index (χ4v) is 2.52. The second-order valence-corrected chi connectivity index (χ2v) is 5.01. The average molecular weight is 280 g/mol. The first-order valence-electron chi connectivity index (χ1n) is 6.09. The van der Waals surface area contributed by atoms with Crippen molar-refractivity contribution in [3.8, 4) is 0 Å². The minimum Gasteiger partial charge on any atom is -0.272 e. The summed E-state index contributed by atoms with van der Waals surface area (Å²) in [5, 5.41) is 5.07. The number of hydrazine groups is 1. The summed E-state index contributed by atoms with van der Waals surface area (Å²) >= 11 is 6.15. The van der Waals surface area contributed by atoms with Crippen LogP contribution in [0.5, 0.6) is 0 Å². The van der Waals surface area contributed by atoms with E-state index in [0.29, 0.717) is 11.4 Å². The Morgan fingerprint density at radius 3 is 2.74 bits per heavy atom. The molecule has 0 amide bonds. The number of halogens is 1. The number of rotatable bonds is 4. The lowest BCUT2D eigenvalue weighted by molar-refractivity contribution is 0.545. The molecule has 2 aromatic rings. The normalized spacial score (nSPS) is 12.7. The Hall–Kier alpha value is -1.43. The monoisotopic (exact) mass is 279 g/mol. The summed E-state index contributed by atoms with van der Waals surface area (Å²) < 4.78 is 1.86. The molecule has 3 N–H and O–H groups in total. The number of hydrogen-bond acceptors (Lipinski definition) is 4. The van der Waals surface area contributed by atoms with Crippen molar-refractivity contribution in [1.82, 2.24) is 20.2 Å². The molecule has 102 valence electrons. The van der Waals surface area contributed by atoms with Crippen molar-refractivity contribution in [2.75, 3.05) is 0 Å². The molecule has 0 aromatic carbocycles. The zero-order valence-corrected chi connectivity index (χ0v) is 12.1. The number of pyridine rings is 1. The number of aryl methyl sites for hydroxylation is 2. The minimum absolute atomic E-state index is 0.0198. The van der Waals surface area contributed by atoms with Gasteiger partial charge in [-0.15, -0.1) is 0 Å². The molecule has 1 unspecified atom stereocenters. The van der Waals surface area contributed by atoms with Crippen LogP contribution in [-0.2, 0) is 13.5 Å². The zero-order valence-electron chi connectivity index (χ0n) is 11.3. The highest BCUT2D eigenvalue weighted by atomic mass is 35.5. The van der Waals surface area contributed by atoms with E-state index in [9.17, 15) is 0 Å². The van der Waals surface area contributed by atoms with E-state index in [4.69, 9.17) is 17.4 Å². The highest BCUT2D eigenvalue weighted by Crippen LogP contribution is 2.26. The summed E-state index contributed by atoms with van der Waals surface area (Å²) in [6.07, 6.45) is 4.08. The number of nitrogens with zero attached hydrogens (tertiary/aromatic N) is 3. The van der Waals surface area contributed by atoms with E-state index in [2.05, 4.69) is 15.5 Å². The molecule has 2 aromatic heterocycles. The summed E-state index contributed by atoms with van der Waals surface area (Å²) in [6.45, 7) is 4.02. The minimum atomic E-state index is -0.0198. The predicted molar refractivity (Wildman–Crippen MR) is 75.7 cm³/mol. The van der Waals surface area contributed by atoms with Gasteiger partial charge in [-0.05, 0) is 31.9 Å². The maximum absolute atomic E-state index is 6.15. The lowest BCUT2D eigenvalue weighted by Crippen LogP contribution is -2.30. The molecule has 5 nitrogen and oxygen atoms in total. The van der Waals surface area contributed by atoms with Gasteiger partial charge >= 0.3 is 0 Å². The molecule has 1 atom stereocenters. The van der Waals surface area contributed by atoms with E-state index in [-0.39, 0.29) is 6.04 Å². The van der Waals surface area contributed by atoms with Crippen molar-refractivity contribution in [1.29, 1.82) is 0 Å². The van der Waals surface area contributed by atoms with Crippen LogP contribution >= 0.6 is 11.6 Å². The lowest BCUT2D eigenvalue weighted by Gasteiger charge is -2.17. The molecular formula is C13H18ClN5. The van der Waals surface area contributed by atoms with Crippen LogP contribution in [-0.4, -0.2) is 14.8 Å². The van der Waals surface area contributed by atoms with E-state index in [1.54, 1.807) is 12.4 Å². The average Bonchev–Trinajstić information content (AvgIpc) is 2.63. The topological polar surface area (TPSA) is 68.8 Å². The second-order valence-electron chi connectivity index (χ2n) is 4.60. The second kappa shape index (κ2) is 5.69. The first-order chi connectivity index (χ1) is 9.04. The summed E-state index contributed by atoms with van der Waals surface area (Å²) in [7, 11) is 1.93. The molecule has 19 heavy (non-hydrogen) atoms. The Balaban J connectivity index is 2.33. The first kappa shape index (κ1) is 14.0. The van der Waals surface area contributed by atoms with Crippen molar-refractivity contribution in [3.05, 3.63) is 46.0 Å². The highest BCUT2D eigenvalue weighted by molar-refractivity contribution is 6.31. The molecule has 0 aliphatic heterocycles. The van der Waals surface area contributed by atoms with Gasteiger partial charge < -0.3 is 0 Å². The molecule has 0 fully saturated rings. The molecule has 2 rings (SSSR count). The van der Waals surface area contributed by atoms with Gasteiger partial charge in [0, 0.05) is 30.7 Å².